The molecular formula is C16H19BrN2O3S2. The van der Waals surface area contributed by atoms with Gasteiger partial charge in [0.2, 0.25) is 5.91 Å². The van der Waals surface area contributed by atoms with Gasteiger partial charge in [-0.05, 0) is 30.2 Å². The van der Waals surface area contributed by atoms with E-state index in [0.29, 0.717) is 11.6 Å². The van der Waals surface area contributed by atoms with Gasteiger partial charge in [0.15, 0.2) is 15.0 Å². The molecule has 2 aliphatic rings. The molecule has 2 saturated heterocycles. The molecule has 8 heteroatoms. The molecule has 5 nitrogen and oxygen atoms in total. The highest BCUT2D eigenvalue weighted by Crippen LogP contribution is 2.41. The molecular weight excluding hydrogens is 412 g/mol. The summed E-state index contributed by atoms with van der Waals surface area (Å²) in [4.78, 5) is 18.3. The first kappa shape index (κ1) is 17.9. The summed E-state index contributed by atoms with van der Waals surface area (Å²) in [5.41, 5.74) is 0.867. The monoisotopic (exact) mass is 430 g/mol. The average Bonchev–Trinajstić information content (AvgIpc) is 2.90. The van der Waals surface area contributed by atoms with Crippen molar-refractivity contribution in [1.82, 2.24) is 0 Å². The van der Waals surface area contributed by atoms with E-state index in [9.17, 15) is 13.2 Å². The molecule has 2 fully saturated rings. The van der Waals surface area contributed by atoms with Gasteiger partial charge in [-0.2, -0.15) is 4.99 Å². The predicted octanol–water partition coefficient (Wildman–Crippen LogP) is 3.10. The largest absolute Gasteiger partial charge is 0.316 e. The number of carbonyl (C=O) groups is 1. The lowest BCUT2D eigenvalue weighted by Crippen LogP contribution is -2.37. The fourth-order valence-electron chi connectivity index (χ4n) is 2.97. The van der Waals surface area contributed by atoms with Crippen LogP contribution in [0.3, 0.4) is 0 Å². The Morgan fingerprint density at radius 2 is 2.00 bits per heavy atom. The van der Waals surface area contributed by atoms with Gasteiger partial charge in [0.25, 0.3) is 0 Å². The molecule has 0 saturated carbocycles. The van der Waals surface area contributed by atoms with Crippen molar-refractivity contribution in [3.8, 4) is 0 Å². The van der Waals surface area contributed by atoms with Crippen LogP contribution in [0.4, 0.5) is 5.69 Å². The molecule has 3 rings (SSSR count). The van der Waals surface area contributed by atoms with Crippen LogP contribution in [0.25, 0.3) is 0 Å². The predicted molar refractivity (Wildman–Crippen MR) is 102 cm³/mol. The van der Waals surface area contributed by atoms with Gasteiger partial charge >= 0.3 is 0 Å². The van der Waals surface area contributed by atoms with Crippen molar-refractivity contribution in [3.05, 3.63) is 28.7 Å². The second-order valence-corrected chi connectivity index (χ2v) is 10.8. The highest BCUT2D eigenvalue weighted by molar-refractivity contribution is 9.10. The van der Waals surface area contributed by atoms with Crippen LogP contribution in [0.1, 0.15) is 20.3 Å². The van der Waals surface area contributed by atoms with Gasteiger partial charge in [-0.1, -0.05) is 41.5 Å². The number of nitrogens with zero attached hydrogens (tertiary/aromatic N) is 2. The van der Waals surface area contributed by atoms with Gasteiger partial charge in [-0.15, -0.1) is 0 Å². The van der Waals surface area contributed by atoms with Crippen LogP contribution in [0, 0.1) is 5.92 Å². The summed E-state index contributed by atoms with van der Waals surface area (Å²) in [5.74, 6) is 0.344. The fourth-order valence-corrected chi connectivity index (χ4v) is 7.17. The number of aliphatic imine (C=N–C) groups is 1. The second kappa shape index (κ2) is 6.80. The van der Waals surface area contributed by atoms with E-state index < -0.39 is 9.84 Å². The van der Waals surface area contributed by atoms with Crippen LogP contribution in [0.2, 0.25) is 0 Å². The molecule has 0 unspecified atom stereocenters. The number of amides is 1. The summed E-state index contributed by atoms with van der Waals surface area (Å²) < 4.78 is 24.9. The third kappa shape index (κ3) is 3.86. The minimum atomic E-state index is -3.04. The molecule has 24 heavy (non-hydrogen) atoms. The van der Waals surface area contributed by atoms with Crippen molar-refractivity contribution in [2.45, 2.75) is 31.6 Å². The topological polar surface area (TPSA) is 66.8 Å². The van der Waals surface area contributed by atoms with Gasteiger partial charge in [0, 0.05) is 21.8 Å². The third-order valence-electron chi connectivity index (χ3n) is 3.97. The van der Waals surface area contributed by atoms with E-state index in [4.69, 9.17) is 0 Å². The Labute approximate surface area is 155 Å². The van der Waals surface area contributed by atoms with E-state index in [1.54, 1.807) is 0 Å². The highest BCUT2D eigenvalue weighted by atomic mass is 79.9. The molecule has 1 aromatic rings. The minimum absolute atomic E-state index is 0.0655. The SMILES string of the molecule is CC(C)CC(=O)N=C1S[C@@H]2CS(=O)(=O)C[C@H]2N1c1ccc(Br)cc1. The van der Waals surface area contributed by atoms with Crippen molar-refractivity contribution >= 4 is 54.3 Å². The Kier molecular flexibility index (Phi) is 5.09. The molecule has 1 aromatic carbocycles. The molecule has 130 valence electrons. The van der Waals surface area contributed by atoms with Crippen LogP contribution in [-0.4, -0.2) is 42.3 Å². The molecule has 2 heterocycles. The Morgan fingerprint density at radius 1 is 1.33 bits per heavy atom. The third-order valence-corrected chi connectivity index (χ3v) is 7.71. The van der Waals surface area contributed by atoms with Gasteiger partial charge in [-0.25, -0.2) is 8.42 Å². The fraction of sp³-hybridized carbons (Fsp3) is 0.500. The number of anilines is 1. The lowest BCUT2D eigenvalue weighted by atomic mass is 10.1. The smallest absolute Gasteiger partial charge is 0.248 e. The zero-order valence-electron chi connectivity index (χ0n) is 13.5. The number of thioether (sulfide) groups is 1. The first-order valence-corrected chi connectivity index (χ1v) is 11.3. The van der Waals surface area contributed by atoms with Crippen molar-refractivity contribution < 1.29 is 13.2 Å². The Morgan fingerprint density at radius 3 is 2.62 bits per heavy atom. The van der Waals surface area contributed by atoms with E-state index in [2.05, 4.69) is 20.9 Å². The molecule has 0 N–H and O–H groups in total. The molecule has 0 aliphatic carbocycles. The van der Waals surface area contributed by atoms with Crippen LogP contribution in [0.5, 0.6) is 0 Å². The van der Waals surface area contributed by atoms with Gasteiger partial charge in [0.05, 0.1) is 17.5 Å². The second-order valence-electron chi connectivity index (χ2n) is 6.53. The zero-order valence-corrected chi connectivity index (χ0v) is 16.7. The van der Waals surface area contributed by atoms with Crippen LogP contribution >= 0.6 is 27.7 Å². The van der Waals surface area contributed by atoms with E-state index in [-0.39, 0.29) is 34.6 Å². The van der Waals surface area contributed by atoms with Crippen molar-refractivity contribution in [2.24, 2.45) is 10.9 Å². The molecule has 0 radical (unpaired) electrons. The number of sulfone groups is 1. The summed E-state index contributed by atoms with van der Waals surface area (Å²) >= 11 is 4.82. The number of amidine groups is 1. The lowest BCUT2D eigenvalue weighted by Gasteiger charge is -2.24. The molecule has 0 spiro atoms. The summed E-state index contributed by atoms with van der Waals surface area (Å²) in [5, 5.41) is 0.553. The Hall–Kier alpha value is -0.860. The molecule has 2 aliphatic heterocycles. The summed E-state index contributed by atoms with van der Waals surface area (Å²) in [7, 11) is -3.04. The number of rotatable bonds is 3. The maximum Gasteiger partial charge on any atom is 0.248 e. The van der Waals surface area contributed by atoms with Crippen LogP contribution in [-0.2, 0) is 14.6 Å². The van der Waals surface area contributed by atoms with E-state index in [0.717, 1.165) is 10.2 Å². The van der Waals surface area contributed by atoms with Gasteiger partial charge in [0.1, 0.15) is 0 Å². The maximum absolute atomic E-state index is 12.1. The van der Waals surface area contributed by atoms with Gasteiger partial charge in [-0.3, -0.25) is 4.79 Å². The van der Waals surface area contributed by atoms with Crippen molar-refractivity contribution in [1.29, 1.82) is 0 Å². The number of carbonyl (C=O) groups excluding carboxylic acids is 1. The minimum Gasteiger partial charge on any atom is -0.316 e. The zero-order chi connectivity index (χ0) is 17.5. The van der Waals surface area contributed by atoms with Gasteiger partial charge < -0.3 is 4.90 Å². The average molecular weight is 431 g/mol. The molecule has 2 atom stereocenters. The van der Waals surface area contributed by atoms with Crippen LogP contribution in [0.15, 0.2) is 33.7 Å². The lowest BCUT2D eigenvalue weighted by molar-refractivity contribution is -0.118. The number of hydrogen-bond acceptors (Lipinski definition) is 4. The number of halogens is 1. The first-order valence-electron chi connectivity index (χ1n) is 7.78. The highest BCUT2D eigenvalue weighted by Gasteiger charge is 2.49. The van der Waals surface area contributed by atoms with E-state index in [1.165, 1.54) is 11.8 Å². The van der Waals surface area contributed by atoms with E-state index >= 15 is 0 Å². The first-order chi connectivity index (χ1) is 11.2. The number of fused-ring (bicyclic) bond motifs is 1. The van der Waals surface area contributed by atoms with Crippen LogP contribution < -0.4 is 4.90 Å². The Balaban J connectivity index is 1.95. The molecule has 0 aromatic heterocycles. The summed E-state index contributed by atoms with van der Waals surface area (Å²) in [6, 6.07) is 7.49. The maximum atomic E-state index is 12.1. The summed E-state index contributed by atoms with van der Waals surface area (Å²) in [6.07, 6.45) is 0.395. The van der Waals surface area contributed by atoms with E-state index in [1.807, 2.05) is 43.0 Å². The molecule has 1 amide bonds. The Bertz CT molecular complexity index is 775. The standard InChI is InChI=1S/C16H19BrN2O3S2/c1-10(2)7-15(20)18-16-19(12-5-3-11(17)4-6-12)13-8-24(21,22)9-14(13)23-16/h3-6,10,13-14H,7-9H2,1-2H3/t13-,14-/m1/s1. The number of benzene rings is 1. The van der Waals surface area contributed by atoms with Crippen molar-refractivity contribution in [2.75, 3.05) is 16.4 Å². The van der Waals surface area contributed by atoms with Crippen molar-refractivity contribution in [3.63, 3.8) is 0 Å². The number of hydrogen-bond donors (Lipinski definition) is 0. The normalized spacial score (nSPS) is 27.0. The summed E-state index contributed by atoms with van der Waals surface area (Å²) in [6.45, 7) is 3.96. The molecule has 0 bridgehead atoms. The quantitative estimate of drug-likeness (QED) is 0.736.